The van der Waals surface area contributed by atoms with Crippen molar-refractivity contribution in [2.24, 2.45) is 0 Å². The van der Waals surface area contributed by atoms with Crippen molar-refractivity contribution < 1.29 is 4.79 Å². The number of rotatable bonds is 2. The Kier molecular flexibility index (Phi) is 3.64. The van der Waals surface area contributed by atoms with E-state index in [9.17, 15) is 4.79 Å². The number of nitrogens with zero attached hydrogens (tertiary/aromatic N) is 6. The van der Waals surface area contributed by atoms with Crippen molar-refractivity contribution in [1.82, 2.24) is 29.6 Å². The Morgan fingerprint density at radius 1 is 1.20 bits per heavy atom. The molecule has 1 atom stereocenters. The molecule has 1 aliphatic heterocycles. The van der Waals surface area contributed by atoms with Crippen molar-refractivity contribution in [2.45, 2.75) is 19.5 Å². The third-order valence-electron chi connectivity index (χ3n) is 4.24. The van der Waals surface area contributed by atoms with Gasteiger partial charge in [0.2, 0.25) is 0 Å². The first-order valence-electron chi connectivity index (χ1n) is 7.99. The summed E-state index contributed by atoms with van der Waals surface area (Å²) >= 11 is 0. The predicted molar refractivity (Wildman–Crippen MR) is 91.4 cm³/mol. The van der Waals surface area contributed by atoms with Crippen LogP contribution in [0.2, 0.25) is 0 Å². The average Bonchev–Trinajstić information content (AvgIpc) is 3.07. The molecule has 0 fully saturated rings. The molecule has 4 rings (SSSR count). The minimum Gasteiger partial charge on any atom is -0.384 e. The summed E-state index contributed by atoms with van der Waals surface area (Å²) < 4.78 is 2.05. The fraction of sp³-hybridized carbons (Fsp3) is 0.235. The summed E-state index contributed by atoms with van der Waals surface area (Å²) in [6.07, 6.45) is 3.23. The van der Waals surface area contributed by atoms with Gasteiger partial charge < -0.3 is 15.2 Å². The van der Waals surface area contributed by atoms with Crippen LogP contribution < -0.4 is 5.73 Å². The predicted octanol–water partition coefficient (Wildman–Crippen LogP) is 1.53. The molecule has 0 aromatic carbocycles. The molecule has 3 aromatic rings. The molecule has 0 spiro atoms. The average molecular weight is 335 g/mol. The summed E-state index contributed by atoms with van der Waals surface area (Å²) in [5.41, 5.74) is 6.87. The molecule has 0 bridgehead atoms. The summed E-state index contributed by atoms with van der Waals surface area (Å²) in [6, 6.07) is 9.04. The molecule has 4 heterocycles. The van der Waals surface area contributed by atoms with Crippen molar-refractivity contribution in [1.29, 1.82) is 0 Å². The van der Waals surface area contributed by atoms with Crippen molar-refractivity contribution in [3.63, 3.8) is 0 Å². The molecule has 25 heavy (non-hydrogen) atoms. The number of anilines is 1. The van der Waals surface area contributed by atoms with E-state index < -0.39 is 0 Å². The molecular weight excluding hydrogens is 318 g/mol. The minimum atomic E-state index is -0.0898. The molecule has 1 amide bonds. The Bertz CT molecular complexity index is 905. The zero-order chi connectivity index (χ0) is 17.4. The van der Waals surface area contributed by atoms with Crippen LogP contribution in [0.5, 0.6) is 0 Å². The molecule has 0 radical (unpaired) electrons. The van der Waals surface area contributed by atoms with Crippen LogP contribution in [-0.4, -0.2) is 42.1 Å². The number of fused-ring (bicyclic) bond motifs is 1. The molecular formula is C17H17N7O. The molecule has 0 saturated carbocycles. The smallest absolute Gasteiger partial charge is 0.255 e. The van der Waals surface area contributed by atoms with Crippen LogP contribution >= 0.6 is 0 Å². The highest BCUT2D eigenvalue weighted by Crippen LogP contribution is 2.27. The van der Waals surface area contributed by atoms with Gasteiger partial charge in [-0.3, -0.25) is 9.78 Å². The molecule has 0 unspecified atom stereocenters. The van der Waals surface area contributed by atoms with Crippen LogP contribution in [0.3, 0.4) is 0 Å². The molecule has 1 aliphatic rings. The molecule has 0 aliphatic carbocycles. The number of hydrogen-bond acceptors (Lipinski definition) is 6. The van der Waals surface area contributed by atoms with Gasteiger partial charge in [-0.05, 0) is 31.2 Å². The van der Waals surface area contributed by atoms with Crippen LogP contribution in [0, 0.1) is 0 Å². The second-order valence-electron chi connectivity index (χ2n) is 6.03. The van der Waals surface area contributed by atoms with Crippen molar-refractivity contribution in [2.75, 3.05) is 12.3 Å². The Labute approximate surface area is 144 Å². The van der Waals surface area contributed by atoms with Crippen LogP contribution in [0.4, 0.5) is 5.82 Å². The molecule has 126 valence electrons. The lowest BCUT2D eigenvalue weighted by Crippen LogP contribution is -2.40. The van der Waals surface area contributed by atoms with Gasteiger partial charge >= 0.3 is 0 Å². The molecule has 2 N–H and O–H groups in total. The highest BCUT2D eigenvalue weighted by atomic mass is 16.2. The van der Waals surface area contributed by atoms with Crippen LogP contribution in [0.15, 0.2) is 42.7 Å². The normalized spacial score (nSPS) is 16.5. The molecule has 3 aromatic heterocycles. The van der Waals surface area contributed by atoms with E-state index in [1.807, 2.05) is 29.7 Å². The Morgan fingerprint density at radius 2 is 2.08 bits per heavy atom. The maximum absolute atomic E-state index is 12.7. The number of nitrogens with two attached hydrogens (primary N) is 1. The second kappa shape index (κ2) is 5.97. The zero-order valence-corrected chi connectivity index (χ0v) is 13.7. The van der Waals surface area contributed by atoms with Gasteiger partial charge in [0.25, 0.3) is 5.91 Å². The molecule has 8 nitrogen and oxygen atoms in total. The Hall–Kier alpha value is -3.29. The third-order valence-corrected chi connectivity index (χ3v) is 4.24. The monoisotopic (exact) mass is 335 g/mol. The summed E-state index contributed by atoms with van der Waals surface area (Å²) in [4.78, 5) is 22.8. The SMILES string of the molecule is C[C@H]1CN(C(=O)c2ccc(N)nc2)Cc2nnc(-c3ccccn3)n21. The van der Waals surface area contributed by atoms with Gasteiger partial charge in [0.15, 0.2) is 11.6 Å². The van der Waals surface area contributed by atoms with Gasteiger partial charge in [-0.15, -0.1) is 10.2 Å². The van der Waals surface area contributed by atoms with Crippen LogP contribution in [0.1, 0.15) is 29.1 Å². The third kappa shape index (κ3) is 2.71. The van der Waals surface area contributed by atoms with E-state index in [1.165, 1.54) is 6.20 Å². The molecule has 0 saturated heterocycles. The first-order chi connectivity index (χ1) is 12.1. The van der Waals surface area contributed by atoms with E-state index in [2.05, 4.69) is 20.2 Å². The number of carbonyl (C=O) groups excluding carboxylic acids is 1. The topological polar surface area (TPSA) is 103 Å². The lowest BCUT2D eigenvalue weighted by Gasteiger charge is -2.32. The van der Waals surface area contributed by atoms with Crippen molar-refractivity contribution in [3.05, 3.63) is 54.1 Å². The van der Waals surface area contributed by atoms with Gasteiger partial charge in [-0.1, -0.05) is 6.07 Å². The van der Waals surface area contributed by atoms with Crippen LogP contribution in [-0.2, 0) is 6.54 Å². The maximum Gasteiger partial charge on any atom is 0.255 e. The van der Waals surface area contributed by atoms with Gasteiger partial charge in [0, 0.05) is 18.9 Å². The number of aromatic nitrogens is 5. The Morgan fingerprint density at radius 3 is 2.80 bits per heavy atom. The molecule has 8 heteroatoms. The number of carbonyl (C=O) groups is 1. The number of pyridine rings is 2. The van der Waals surface area contributed by atoms with E-state index >= 15 is 0 Å². The van der Waals surface area contributed by atoms with E-state index in [-0.39, 0.29) is 11.9 Å². The Balaban J connectivity index is 1.63. The summed E-state index contributed by atoms with van der Waals surface area (Å²) in [5, 5.41) is 8.55. The van der Waals surface area contributed by atoms with Gasteiger partial charge in [0.1, 0.15) is 11.5 Å². The van der Waals surface area contributed by atoms with Gasteiger partial charge in [-0.2, -0.15) is 0 Å². The van der Waals surface area contributed by atoms with E-state index in [4.69, 9.17) is 5.73 Å². The first kappa shape index (κ1) is 15.3. The quantitative estimate of drug-likeness (QED) is 0.762. The number of hydrogen-bond donors (Lipinski definition) is 1. The maximum atomic E-state index is 12.7. The van der Waals surface area contributed by atoms with E-state index in [1.54, 1.807) is 23.2 Å². The number of nitrogen functional groups attached to an aromatic ring is 1. The fourth-order valence-electron chi connectivity index (χ4n) is 3.07. The number of amides is 1. The fourth-order valence-corrected chi connectivity index (χ4v) is 3.07. The minimum absolute atomic E-state index is 0.0430. The van der Waals surface area contributed by atoms with Crippen molar-refractivity contribution in [3.8, 4) is 11.5 Å². The zero-order valence-electron chi connectivity index (χ0n) is 13.7. The lowest BCUT2D eigenvalue weighted by molar-refractivity contribution is 0.0681. The van der Waals surface area contributed by atoms with Gasteiger partial charge in [0.05, 0.1) is 18.2 Å². The summed E-state index contributed by atoms with van der Waals surface area (Å²) in [6.45, 7) is 3.00. The van der Waals surface area contributed by atoms with Gasteiger partial charge in [-0.25, -0.2) is 4.98 Å². The second-order valence-corrected chi connectivity index (χ2v) is 6.03. The largest absolute Gasteiger partial charge is 0.384 e. The highest BCUT2D eigenvalue weighted by molar-refractivity contribution is 5.94. The summed E-state index contributed by atoms with van der Waals surface area (Å²) in [5.74, 6) is 1.77. The van der Waals surface area contributed by atoms with Crippen LogP contribution in [0.25, 0.3) is 11.5 Å². The van der Waals surface area contributed by atoms with E-state index in [0.29, 0.717) is 24.5 Å². The lowest BCUT2D eigenvalue weighted by atomic mass is 10.1. The summed E-state index contributed by atoms with van der Waals surface area (Å²) in [7, 11) is 0. The van der Waals surface area contributed by atoms with Crippen molar-refractivity contribution >= 4 is 11.7 Å². The standard InChI is InChI=1S/C17H17N7O/c1-11-9-23(17(25)12-5-6-14(18)20-8-12)10-15-21-22-16(24(11)15)13-4-2-3-7-19-13/h2-8,11H,9-10H2,1H3,(H2,18,20)/t11-/m0/s1. The van der Waals surface area contributed by atoms with E-state index in [0.717, 1.165) is 17.3 Å². The highest BCUT2D eigenvalue weighted by Gasteiger charge is 2.30. The first-order valence-corrected chi connectivity index (χ1v) is 7.99.